The monoisotopic (exact) mass is 309 g/mol. The van der Waals surface area contributed by atoms with Crippen LogP contribution in [0.1, 0.15) is 30.5 Å². The van der Waals surface area contributed by atoms with Crippen molar-refractivity contribution in [2.45, 2.75) is 32.7 Å². The fourth-order valence-electron chi connectivity index (χ4n) is 1.88. The normalized spacial score (nSPS) is 11.4. The van der Waals surface area contributed by atoms with Crippen molar-refractivity contribution in [2.24, 2.45) is 0 Å². The number of rotatable bonds is 4. The molecule has 1 N–H and O–H groups in total. The molecule has 0 aliphatic carbocycles. The van der Waals surface area contributed by atoms with Crippen molar-refractivity contribution in [1.29, 1.82) is 0 Å². The van der Waals surface area contributed by atoms with Crippen LogP contribution in [0.3, 0.4) is 0 Å². The highest BCUT2D eigenvalue weighted by Gasteiger charge is 2.16. The molecule has 2 nitrogen and oxygen atoms in total. The smallest absolute Gasteiger partial charge is 0.142 e. The molecular weight excluding hydrogens is 290 g/mol. The molecule has 108 valence electrons. The fraction of sp³-hybridized carbons (Fsp3) is 0.375. The summed E-state index contributed by atoms with van der Waals surface area (Å²) in [5.41, 5.74) is 1.13. The van der Waals surface area contributed by atoms with Crippen molar-refractivity contribution in [1.82, 2.24) is 0 Å². The van der Waals surface area contributed by atoms with Gasteiger partial charge >= 0.3 is 0 Å². The Morgan fingerprint density at radius 1 is 1.20 bits per heavy atom. The zero-order valence-corrected chi connectivity index (χ0v) is 13.9. The van der Waals surface area contributed by atoms with Crippen LogP contribution in [-0.4, -0.2) is 7.11 Å². The molecule has 0 aliphatic rings. The minimum Gasteiger partial charge on any atom is -0.495 e. The molecule has 0 fully saturated rings. The van der Waals surface area contributed by atoms with E-state index in [-0.39, 0.29) is 5.41 Å². The zero-order valence-electron chi connectivity index (χ0n) is 12.3. The first-order valence-corrected chi connectivity index (χ1v) is 7.76. The highest BCUT2D eigenvalue weighted by molar-refractivity contribution is 7.12. The Morgan fingerprint density at radius 3 is 2.55 bits per heavy atom. The van der Waals surface area contributed by atoms with Gasteiger partial charge in [-0.25, -0.2) is 0 Å². The molecule has 4 heteroatoms. The number of benzene rings is 1. The van der Waals surface area contributed by atoms with Gasteiger partial charge in [-0.05, 0) is 35.7 Å². The molecule has 0 saturated heterocycles. The van der Waals surface area contributed by atoms with Gasteiger partial charge in [0.05, 0.1) is 12.8 Å². The second-order valence-electron chi connectivity index (χ2n) is 5.71. The van der Waals surface area contributed by atoms with Crippen LogP contribution in [0.4, 0.5) is 5.69 Å². The van der Waals surface area contributed by atoms with Gasteiger partial charge < -0.3 is 10.1 Å². The molecule has 0 radical (unpaired) electrons. The number of nitrogens with one attached hydrogen (secondary N) is 1. The molecule has 0 bridgehead atoms. The second-order valence-corrected chi connectivity index (χ2v) is 7.32. The summed E-state index contributed by atoms with van der Waals surface area (Å²) in [6.07, 6.45) is 0. The Bertz CT molecular complexity index is 586. The minimum atomic E-state index is 0.205. The standard InChI is InChI=1S/C16H20ClNOS/c1-16(2,3)15-8-6-12(20-15)10-18-13-9-11(17)5-7-14(13)19-4/h5-9,18H,10H2,1-4H3. The van der Waals surface area contributed by atoms with Crippen LogP contribution in [0.2, 0.25) is 5.02 Å². The quantitative estimate of drug-likeness (QED) is 0.825. The average molecular weight is 310 g/mol. The van der Waals surface area contributed by atoms with Crippen LogP contribution in [-0.2, 0) is 12.0 Å². The minimum absolute atomic E-state index is 0.205. The first-order chi connectivity index (χ1) is 9.40. The van der Waals surface area contributed by atoms with E-state index in [2.05, 4.69) is 38.2 Å². The maximum atomic E-state index is 6.03. The highest BCUT2D eigenvalue weighted by atomic mass is 35.5. The number of anilines is 1. The van der Waals surface area contributed by atoms with Crippen LogP contribution in [0.25, 0.3) is 0 Å². The zero-order chi connectivity index (χ0) is 14.8. The summed E-state index contributed by atoms with van der Waals surface area (Å²) in [6.45, 7) is 7.47. The summed E-state index contributed by atoms with van der Waals surface area (Å²) in [5.74, 6) is 0.807. The molecule has 1 heterocycles. The number of methoxy groups -OCH3 is 1. The molecule has 0 saturated carbocycles. The average Bonchev–Trinajstić information content (AvgIpc) is 2.85. The second kappa shape index (κ2) is 6.06. The van der Waals surface area contributed by atoms with Crippen LogP contribution >= 0.6 is 22.9 Å². The van der Waals surface area contributed by atoms with E-state index >= 15 is 0 Å². The summed E-state index contributed by atoms with van der Waals surface area (Å²) >= 11 is 7.87. The number of halogens is 1. The predicted molar refractivity (Wildman–Crippen MR) is 88.3 cm³/mol. The van der Waals surface area contributed by atoms with Crippen molar-refractivity contribution in [3.05, 3.63) is 45.1 Å². The lowest BCUT2D eigenvalue weighted by molar-refractivity contribution is 0.416. The molecule has 0 amide bonds. The van der Waals surface area contributed by atoms with E-state index in [0.717, 1.165) is 18.0 Å². The van der Waals surface area contributed by atoms with Crippen molar-refractivity contribution in [2.75, 3.05) is 12.4 Å². The Hall–Kier alpha value is -1.19. The van der Waals surface area contributed by atoms with Crippen molar-refractivity contribution >= 4 is 28.6 Å². The van der Waals surface area contributed by atoms with Crippen molar-refractivity contribution < 1.29 is 4.74 Å². The summed E-state index contributed by atoms with van der Waals surface area (Å²) in [6, 6.07) is 9.97. The third-order valence-corrected chi connectivity index (χ3v) is 4.76. The lowest BCUT2D eigenvalue weighted by atomic mass is 9.95. The number of thiophene rings is 1. The summed E-state index contributed by atoms with van der Waals surface area (Å²) in [7, 11) is 1.66. The molecule has 0 atom stereocenters. The van der Waals surface area contributed by atoms with Crippen LogP contribution in [0.15, 0.2) is 30.3 Å². The van der Waals surface area contributed by atoms with E-state index in [0.29, 0.717) is 5.02 Å². The van der Waals surface area contributed by atoms with Gasteiger partial charge in [-0.3, -0.25) is 0 Å². The third-order valence-electron chi connectivity index (χ3n) is 3.02. The van der Waals surface area contributed by atoms with Gasteiger partial charge in [0.15, 0.2) is 0 Å². The topological polar surface area (TPSA) is 21.3 Å². The van der Waals surface area contributed by atoms with Gasteiger partial charge in [0.2, 0.25) is 0 Å². The first-order valence-electron chi connectivity index (χ1n) is 6.57. The number of hydrogen-bond donors (Lipinski definition) is 1. The number of hydrogen-bond acceptors (Lipinski definition) is 3. The lowest BCUT2D eigenvalue weighted by Crippen LogP contribution is -2.07. The molecule has 0 spiro atoms. The van der Waals surface area contributed by atoms with E-state index < -0.39 is 0 Å². The molecule has 0 aliphatic heterocycles. The van der Waals surface area contributed by atoms with E-state index in [1.54, 1.807) is 7.11 Å². The molecule has 2 aromatic rings. The SMILES string of the molecule is COc1ccc(Cl)cc1NCc1ccc(C(C)(C)C)s1. The van der Waals surface area contributed by atoms with Crippen LogP contribution in [0.5, 0.6) is 5.75 Å². The third kappa shape index (κ3) is 3.68. The van der Waals surface area contributed by atoms with Crippen LogP contribution in [0, 0.1) is 0 Å². The summed E-state index contributed by atoms with van der Waals surface area (Å²) in [5, 5.41) is 4.09. The Kier molecular flexibility index (Phi) is 4.61. The van der Waals surface area contributed by atoms with E-state index in [1.165, 1.54) is 9.75 Å². The first kappa shape index (κ1) is 15.2. The van der Waals surface area contributed by atoms with Gasteiger partial charge in [0.25, 0.3) is 0 Å². The fourth-order valence-corrected chi connectivity index (χ4v) is 3.05. The maximum absolute atomic E-state index is 6.03. The van der Waals surface area contributed by atoms with E-state index in [1.807, 2.05) is 29.5 Å². The highest BCUT2D eigenvalue weighted by Crippen LogP contribution is 2.31. The molecule has 20 heavy (non-hydrogen) atoms. The van der Waals surface area contributed by atoms with E-state index in [9.17, 15) is 0 Å². The van der Waals surface area contributed by atoms with Gasteiger partial charge in [0, 0.05) is 21.3 Å². The van der Waals surface area contributed by atoms with Crippen LogP contribution < -0.4 is 10.1 Å². The summed E-state index contributed by atoms with van der Waals surface area (Å²) in [4.78, 5) is 2.70. The number of ether oxygens (including phenoxy) is 1. The Morgan fingerprint density at radius 2 is 1.95 bits per heavy atom. The molecule has 0 unspecified atom stereocenters. The van der Waals surface area contributed by atoms with Gasteiger partial charge in [-0.2, -0.15) is 0 Å². The molecular formula is C16H20ClNOS. The largest absolute Gasteiger partial charge is 0.495 e. The van der Waals surface area contributed by atoms with Gasteiger partial charge in [-0.15, -0.1) is 11.3 Å². The Balaban J connectivity index is 2.09. The van der Waals surface area contributed by atoms with Gasteiger partial charge in [-0.1, -0.05) is 32.4 Å². The van der Waals surface area contributed by atoms with E-state index in [4.69, 9.17) is 16.3 Å². The van der Waals surface area contributed by atoms with Crippen molar-refractivity contribution in [3.8, 4) is 5.75 Å². The Labute approximate surface area is 129 Å². The lowest BCUT2D eigenvalue weighted by Gasteiger charge is -2.15. The molecule has 1 aromatic carbocycles. The molecule has 1 aromatic heterocycles. The maximum Gasteiger partial charge on any atom is 0.142 e. The molecule has 2 rings (SSSR count). The summed E-state index contributed by atoms with van der Waals surface area (Å²) < 4.78 is 5.33. The predicted octanol–water partition coefficient (Wildman–Crippen LogP) is 5.32. The van der Waals surface area contributed by atoms with Gasteiger partial charge in [0.1, 0.15) is 5.75 Å². The van der Waals surface area contributed by atoms with Crippen molar-refractivity contribution in [3.63, 3.8) is 0 Å².